The lowest BCUT2D eigenvalue weighted by atomic mass is 9.98. The minimum Gasteiger partial charge on any atom is -0.481 e. The number of nitrogens with zero attached hydrogens (tertiary/aromatic N) is 1. The molecular weight excluding hydrogens is 450 g/mol. The van der Waals surface area contributed by atoms with Crippen LogP contribution in [-0.4, -0.2) is 40.9 Å². The Kier molecular flexibility index (Phi) is 7.45. The number of amides is 2. The molecule has 9 nitrogen and oxygen atoms in total. The molecule has 3 N–H and O–H groups in total. The molecule has 0 fully saturated rings. The molecule has 0 aliphatic heterocycles. The third-order valence-corrected chi connectivity index (χ3v) is 5.94. The second kappa shape index (κ2) is 10.9. The number of carboxylic acid groups (broad SMARTS) is 1. The highest BCUT2D eigenvalue weighted by Gasteiger charge is 2.29. The van der Waals surface area contributed by atoms with Gasteiger partial charge in [0.05, 0.1) is 13.0 Å². The van der Waals surface area contributed by atoms with Crippen molar-refractivity contribution in [1.29, 1.82) is 0 Å². The first-order valence-electron chi connectivity index (χ1n) is 11.5. The lowest BCUT2D eigenvalue weighted by molar-refractivity contribution is -0.137. The zero-order valence-electron chi connectivity index (χ0n) is 19.3. The SMILES string of the molecule is CCC[C@@H](CC(=O)O)NC(=O)c1cc(CNC(=O)OCC2c3ccccc3-c3ccccc32)on1. The number of rotatable bonds is 10. The minimum atomic E-state index is -0.989. The van der Waals surface area contributed by atoms with Crippen molar-refractivity contribution in [2.45, 2.75) is 44.7 Å². The predicted octanol–water partition coefficient (Wildman–Crippen LogP) is 4.09. The van der Waals surface area contributed by atoms with E-state index in [1.165, 1.54) is 6.07 Å². The molecule has 1 aliphatic rings. The number of hydrogen-bond acceptors (Lipinski definition) is 6. The fourth-order valence-electron chi connectivity index (χ4n) is 4.36. The van der Waals surface area contributed by atoms with Crippen molar-refractivity contribution in [3.63, 3.8) is 0 Å². The number of fused-ring (bicyclic) bond motifs is 3. The standard InChI is InChI=1S/C26H27N3O6/c1-2-7-16(12-24(30)31)28-25(32)23-13-17(35-29-23)14-27-26(33)34-15-22-20-10-5-3-8-18(20)19-9-4-6-11-21(19)22/h3-6,8-11,13,16,22H,2,7,12,14-15H2,1H3,(H,27,33)(H,28,32)(H,30,31)/t16-/m0/s1. The van der Waals surface area contributed by atoms with Crippen LogP contribution < -0.4 is 10.6 Å². The maximum atomic E-state index is 12.4. The van der Waals surface area contributed by atoms with Gasteiger partial charge in [0.15, 0.2) is 11.5 Å². The summed E-state index contributed by atoms with van der Waals surface area (Å²) >= 11 is 0. The maximum Gasteiger partial charge on any atom is 0.407 e. The predicted molar refractivity (Wildman–Crippen MR) is 127 cm³/mol. The van der Waals surface area contributed by atoms with Crippen molar-refractivity contribution in [3.05, 3.63) is 77.2 Å². The van der Waals surface area contributed by atoms with E-state index in [-0.39, 0.29) is 36.9 Å². The molecule has 0 bridgehead atoms. The quantitative estimate of drug-likeness (QED) is 0.401. The lowest BCUT2D eigenvalue weighted by Gasteiger charge is -2.14. The Hall–Kier alpha value is -4.14. The summed E-state index contributed by atoms with van der Waals surface area (Å²) < 4.78 is 10.6. The molecule has 35 heavy (non-hydrogen) atoms. The Bertz CT molecular complexity index is 1180. The summed E-state index contributed by atoms with van der Waals surface area (Å²) in [4.78, 5) is 35.7. The Balaban J connectivity index is 1.29. The van der Waals surface area contributed by atoms with Crippen LogP contribution in [0.1, 0.15) is 59.5 Å². The molecule has 3 aromatic rings. The van der Waals surface area contributed by atoms with E-state index in [4.69, 9.17) is 14.4 Å². The van der Waals surface area contributed by atoms with Crippen LogP contribution in [0.25, 0.3) is 11.1 Å². The number of carboxylic acids is 1. The number of nitrogens with one attached hydrogen (secondary N) is 2. The van der Waals surface area contributed by atoms with Crippen LogP contribution in [-0.2, 0) is 16.1 Å². The van der Waals surface area contributed by atoms with Crippen LogP contribution in [0, 0.1) is 0 Å². The molecule has 0 unspecified atom stereocenters. The summed E-state index contributed by atoms with van der Waals surface area (Å²) in [6.07, 6.45) is 0.477. The van der Waals surface area contributed by atoms with Gasteiger partial charge in [-0.15, -0.1) is 0 Å². The van der Waals surface area contributed by atoms with Crippen molar-refractivity contribution in [3.8, 4) is 11.1 Å². The number of aliphatic carboxylic acids is 1. The molecule has 2 amide bonds. The zero-order valence-corrected chi connectivity index (χ0v) is 19.3. The van der Waals surface area contributed by atoms with Gasteiger partial charge in [0, 0.05) is 18.0 Å². The Morgan fingerprint density at radius 1 is 1.09 bits per heavy atom. The van der Waals surface area contributed by atoms with E-state index < -0.39 is 24.0 Å². The van der Waals surface area contributed by atoms with Crippen LogP contribution in [0.15, 0.2) is 59.1 Å². The molecule has 1 aliphatic carbocycles. The van der Waals surface area contributed by atoms with Gasteiger partial charge >= 0.3 is 12.1 Å². The maximum absolute atomic E-state index is 12.4. The summed E-state index contributed by atoms with van der Waals surface area (Å²) in [5.41, 5.74) is 4.55. The monoisotopic (exact) mass is 477 g/mol. The number of ether oxygens (including phenoxy) is 1. The second-order valence-corrected chi connectivity index (χ2v) is 8.41. The molecule has 0 spiro atoms. The molecule has 0 radical (unpaired) electrons. The highest BCUT2D eigenvalue weighted by molar-refractivity contribution is 5.92. The number of carbonyl (C=O) groups is 3. The van der Waals surface area contributed by atoms with Gasteiger partial charge in [-0.25, -0.2) is 4.79 Å². The van der Waals surface area contributed by atoms with Crippen molar-refractivity contribution < 1.29 is 28.8 Å². The third-order valence-electron chi connectivity index (χ3n) is 5.94. The van der Waals surface area contributed by atoms with E-state index in [2.05, 4.69) is 27.9 Å². The van der Waals surface area contributed by atoms with E-state index in [9.17, 15) is 14.4 Å². The number of benzene rings is 2. The van der Waals surface area contributed by atoms with Crippen LogP contribution in [0.2, 0.25) is 0 Å². The van der Waals surface area contributed by atoms with Crippen LogP contribution >= 0.6 is 0 Å². The number of hydrogen-bond donors (Lipinski definition) is 3. The molecule has 9 heteroatoms. The molecule has 0 saturated carbocycles. The van der Waals surface area contributed by atoms with Crippen LogP contribution in [0.4, 0.5) is 4.79 Å². The van der Waals surface area contributed by atoms with Gasteiger partial charge in [0.25, 0.3) is 5.91 Å². The first-order chi connectivity index (χ1) is 17.0. The third kappa shape index (κ3) is 5.68. The van der Waals surface area contributed by atoms with Gasteiger partial charge in [-0.05, 0) is 28.7 Å². The average Bonchev–Trinajstić information content (AvgIpc) is 3.44. The first-order valence-corrected chi connectivity index (χ1v) is 11.5. The topological polar surface area (TPSA) is 131 Å². The molecule has 182 valence electrons. The summed E-state index contributed by atoms with van der Waals surface area (Å²) in [5.74, 6) is -1.29. The van der Waals surface area contributed by atoms with Gasteiger partial charge in [-0.2, -0.15) is 0 Å². The van der Waals surface area contributed by atoms with Gasteiger partial charge < -0.3 is 25.0 Å². The fraction of sp³-hybridized carbons (Fsp3) is 0.308. The van der Waals surface area contributed by atoms with E-state index in [1.807, 2.05) is 43.3 Å². The van der Waals surface area contributed by atoms with Crippen molar-refractivity contribution in [2.75, 3.05) is 6.61 Å². The molecule has 0 saturated heterocycles. The lowest BCUT2D eigenvalue weighted by Crippen LogP contribution is -2.36. The average molecular weight is 478 g/mol. The number of carbonyl (C=O) groups excluding carboxylic acids is 2. The van der Waals surface area contributed by atoms with E-state index in [0.29, 0.717) is 6.42 Å². The van der Waals surface area contributed by atoms with Crippen molar-refractivity contribution in [1.82, 2.24) is 15.8 Å². The summed E-state index contributed by atoms with van der Waals surface area (Å²) in [6, 6.07) is 17.1. The van der Waals surface area contributed by atoms with Gasteiger partial charge in [-0.3, -0.25) is 9.59 Å². The Morgan fingerprint density at radius 3 is 2.37 bits per heavy atom. The van der Waals surface area contributed by atoms with Crippen molar-refractivity contribution in [2.24, 2.45) is 0 Å². The van der Waals surface area contributed by atoms with E-state index >= 15 is 0 Å². The first kappa shape index (κ1) is 24.0. The van der Waals surface area contributed by atoms with Gasteiger partial charge in [0.1, 0.15) is 6.61 Å². The van der Waals surface area contributed by atoms with Gasteiger partial charge in [0.2, 0.25) is 0 Å². The molecular formula is C26H27N3O6. The Morgan fingerprint density at radius 2 is 1.74 bits per heavy atom. The van der Waals surface area contributed by atoms with Crippen LogP contribution in [0.3, 0.4) is 0 Å². The molecule has 4 rings (SSSR count). The highest BCUT2D eigenvalue weighted by atomic mass is 16.5. The highest BCUT2D eigenvalue weighted by Crippen LogP contribution is 2.44. The fourth-order valence-corrected chi connectivity index (χ4v) is 4.36. The molecule has 1 atom stereocenters. The van der Waals surface area contributed by atoms with Crippen molar-refractivity contribution >= 4 is 18.0 Å². The second-order valence-electron chi connectivity index (χ2n) is 8.41. The summed E-state index contributed by atoms with van der Waals surface area (Å²) in [5, 5.41) is 18.0. The minimum absolute atomic E-state index is 0.00946. The normalized spacial score (nSPS) is 12.9. The van der Waals surface area contributed by atoms with Gasteiger partial charge in [-0.1, -0.05) is 67.0 Å². The zero-order chi connectivity index (χ0) is 24.8. The van der Waals surface area contributed by atoms with E-state index in [1.54, 1.807) is 0 Å². The molecule has 1 aromatic heterocycles. The molecule has 2 aromatic carbocycles. The summed E-state index contributed by atoms with van der Waals surface area (Å²) in [6.45, 7) is 2.08. The van der Waals surface area contributed by atoms with E-state index in [0.717, 1.165) is 28.7 Å². The number of aromatic nitrogens is 1. The smallest absolute Gasteiger partial charge is 0.407 e. The number of alkyl carbamates (subject to hydrolysis) is 1. The van der Waals surface area contributed by atoms with Crippen LogP contribution in [0.5, 0.6) is 0 Å². The Labute approximate surface area is 202 Å². The summed E-state index contributed by atoms with van der Waals surface area (Å²) in [7, 11) is 0. The molecule has 1 heterocycles. The largest absolute Gasteiger partial charge is 0.481 e.